The molecular formula is C12H16O. The zero-order valence-electron chi connectivity index (χ0n) is 8.55. The summed E-state index contributed by atoms with van der Waals surface area (Å²) in [6, 6.07) is 4.44. The maximum atomic E-state index is 5.65. The molecule has 0 N–H and O–H groups in total. The van der Waals surface area contributed by atoms with Crippen molar-refractivity contribution in [3.63, 3.8) is 0 Å². The van der Waals surface area contributed by atoms with E-state index in [0.29, 0.717) is 6.10 Å². The molecule has 1 aromatic rings. The van der Waals surface area contributed by atoms with Crippen LogP contribution in [0.15, 0.2) is 12.1 Å². The van der Waals surface area contributed by atoms with Gasteiger partial charge in [-0.05, 0) is 42.5 Å². The van der Waals surface area contributed by atoms with Gasteiger partial charge in [-0.2, -0.15) is 0 Å². The number of hydrogen-bond donors (Lipinski definition) is 0. The lowest BCUT2D eigenvalue weighted by Gasteiger charge is -2.09. The van der Waals surface area contributed by atoms with Gasteiger partial charge in [-0.1, -0.05) is 19.1 Å². The second kappa shape index (κ2) is 3.15. The van der Waals surface area contributed by atoms with Crippen LogP contribution in [-0.4, -0.2) is 0 Å². The first-order valence-corrected chi connectivity index (χ1v) is 4.97. The fraction of sp³-hybridized carbons (Fsp3) is 0.500. The molecule has 0 aliphatic carbocycles. The average Bonchev–Trinajstić information content (AvgIpc) is 2.50. The molecular weight excluding hydrogens is 160 g/mol. The first-order valence-electron chi connectivity index (χ1n) is 4.97. The van der Waals surface area contributed by atoms with Gasteiger partial charge in [0.2, 0.25) is 0 Å². The summed E-state index contributed by atoms with van der Waals surface area (Å²) in [5.41, 5.74) is 5.69. The summed E-state index contributed by atoms with van der Waals surface area (Å²) in [5.74, 6) is 0. The van der Waals surface area contributed by atoms with Gasteiger partial charge in [0, 0.05) is 0 Å². The van der Waals surface area contributed by atoms with Crippen molar-refractivity contribution in [2.75, 3.05) is 0 Å². The van der Waals surface area contributed by atoms with Crippen molar-refractivity contribution < 1.29 is 4.74 Å². The van der Waals surface area contributed by atoms with E-state index in [1.165, 1.54) is 22.3 Å². The van der Waals surface area contributed by atoms with Gasteiger partial charge in [0.1, 0.15) is 0 Å². The third-order valence-corrected chi connectivity index (χ3v) is 2.94. The minimum atomic E-state index is 0.293. The summed E-state index contributed by atoms with van der Waals surface area (Å²) in [7, 11) is 0. The summed E-state index contributed by atoms with van der Waals surface area (Å²) in [6.45, 7) is 7.32. The molecule has 0 amide bonds. The van der Waals surface area contributed by atoms with Crippen molar-refractivity contribution in [1.29, 1.82) is 0 Å². The molecule has 0 aromatic heterocycles. The Balaban J connectivity index is 2.59. The smallest absolute Gasteiger partial charge is 0.0807 e. The van der Waals surface area contributed by atoms with Crippen LogP contribution in [0.3, 0.4) is 0 Å². The van der Waals surface area contributed by atoms with Crippen LogP contribution in [0.5, 0.6) is 0 Å². The van der Waals surface area contributed by atoms with E-state index in [1.807, 2.05) is 0 Å². The molecule has 1 aromatic carbocycles. The molecule has 1 aliphatic rings. The second-order valence-electron chi connectivity index (χ2n) is 3.74. The van der Waals surface area contributed by atoms with E-state index in [4.69, 9.17) is 4.74 Å². The average molecular weight is 176 g/mol. The number of ether oxygens (including phenoxy) is 1. The SMILES string of the molecule is CCc1ccc(C)c2c1COC2C. The van der Waals surface area contributed by atoms with Gasteiger partial charge in [-0.15, -0.1) is 0 Å². The summed E-state index contributed by atoms with van der Waals surface area (Å²) in [4.78, 5) is 0. The molecule has 13 heavy (non-hydrogen) atoms. The van der Waals surface area contributed by atoms with Crippen LogP contribution in [0, 0.1) is 6.92 Å². The Morgan fingerprint density at radius 2 is 2.23 bits per heavy atom. The lowest BCUT2D eigenvalue weighted by atomic mass is 9.95. The van der Waals surface area contributed by atoms with Crippen LogP contribution in [0.25, 0.3) is 0 Å². The molecule has 0 saturated heterocycles. The summed E-state index contributed by atoms with van der Waals surface area (Å²) in [6.07, 6.45) is 1.40. The quantitative estimate of drug-likeness (QED) is 0.638. The highest BCUT2D eigenvalue weighted by molar-refractivity contribution is 5.43. The Kier molecular flexibility index (Phi) is 2.12. The van der Waals surface area contributed by atoms with Crippen molar-refractivity contribution in [1.82, 2.24) is 0 Å². The number of aryl methyl sites for hydroxylation is 2. The van der Waals surface area contributed by atoms with E-state index in [-0.39, 0.29) is 0 Å². The third kappa shape index (κ3) is 1.28. The van der Waals surface area contributed by atoms with E-state index in [2.05, 4.69) is 32.9 Å². The fourth-order valence-electron chi connectivity index (χ4n) is 2.19. The number of benzene rings is 1. The minimum Gasteiger partial charge on any atom is -0.369 e. The first kappa shape index (κ1) is 8.76. The third-order valence-electron chi connectivity index (χ3n) is 2.94. The first-order chi connectivity index (χ1) is 6.24. The van der Waals surface area contributed by atoms with Crippen molar-refractivity contribution in [3.8, 4) is 0 Å². The van der Waals surface area contributed by atoms with E-state index >= 15 is 0 Å². The van der Waals surface area contributed by atoms with Crippen molar-refractivity contribution >= 4 is 0 Å². The van der Waals surface area contributed by atoms with Crippen LogP contribution >= 0.6 is 0 Å². The second-order valence-corrected chi connectivity index (χ2v) is 3.74. The van der Waals surface area contributed by atoms with Gasteiger partial charge < -0.3 is 4.74 Å². The normalized spacial score (nSPS) is 20.4. The van der Waals surface area contributed by atoms with Crippen LogP contribution in [-0.2, 0) is 17.8 Å². The Labute approximate surface area is 79.7 Å². The van der Waals surface area contributed by atoms with E-state index in [0.717, 1.165) is 13.0 Å². The largest absolute Gasteiger partial charge is 0.369 e. The molecule has 0 radical (unpaired) electrons. The Hall–Kier alpha value is -0.820. The predicted molar refractivity (Wildman–Crippen MR) is 53.8 cm³/mol. The Bertz CT molecular complexity index is 328. The Morgan fingerprint density at radius 1 is 1.46 bits per heavy atom. The molecule has 1 heteroatoms. The molecule has 0 fully saturated rings. The number of hydrogen-bond acceptors (Lipinski definition) is 1. The molecule has 1 aliphatic heterocycles. The molecule has 0 bridgehead atoms. The molecule has 1 nitrogen and oxygen atoms in total. The molecule has 0 saturated carbocycles. The van der Waals surface area contributed by atoms with Gasteiger partial charge in [0.25, 0.3) is 0 Å². The molecule has 1 unspecified atom stereocenters. The standard InChI is InChI=1S/C12H16O/c1-4-10-6-5-8(2)12-9(3)13-7-11(10)12/h5-6,9H,4,7H2,1-3H3. The van der Waals surface area contributed by atoms with Crippen molar-refractivity contribution in [3.05, 3.63) is 34.4 Å². The summed E-state index contributed by atoms with van der Waals surface area (Å²) in [5, 5.41) is 0. The van der Waals surface area contributed by atoms with Gasteiger partial charge in [-0.3, -0.25) is 0 Å². The molecule has 1 atom stereocenters. The zero-order chi connectivity index (χ0) is 9.42. The van der Waals surface area contributed by atoms with E-state index < -0.39 is 0 Å². The van der Waals surface area contributed by atoms with Crippen LogP contribution in [0.1, 0.15) is 42.2 Å². The van der Waals surface area contributed by atoms with E-state index in [9.17, 15) is 0 Å². The van der Waals surface area contributed by atoms with Gasteiger partial charge in [-0.25, -0.2) is 0 Å². The lowest BCUT2D eigenvalue weighted by molar-refractivity contribution is 0.0792. The maximum Gasteiger partial charge on any atom is 0.0807 e. The topological polar surface area (TPSA) is 9.23 Å². The summed E-state index contributed by atoms with van der Waals surface area (Å²) < 4.78 is 5.65. The highest BCUT2D eigenvalue weighted by Crippen LogP contribution is 2.34. The van der Waals surface area contributed by atoms with Crippen LogP contribution < -0.4 is 0 Å². The summed E-state index contributed by atoms with van der Waals surface area (Å²) >= 11 is 0. The predicted octanol–water partition coefficient (Wildman–Crippen LogP) is 3.15. The lowest BCUT2D eigenvalue weighted by Crippen LogP contribution is -1.95. The van der Waals surface area contributed by atoms with Gasteiger partial charge >= 0.3 is 0 Å². The maximum absolute atomic E-state index is 5.65. The Morgan fingerprint density at radius 3 is 2.92 bits per heavy atom. The van der Waals surface area contributed by atoms with Crippen molar-refractivity contribution in [2.45, 2.75) is 39.9 Å². The number of rotatable bonds is 1. The monoisotopic (exact) mass is 176 g/mol. The molecule has 70 valence electrons. The zero-order valence-corrected chi connectivity index (χ0v) is 8.55. The van der Waals surface area contributed by atoms with Crippen LogP contribution in [0.4, 0.5) is 0 Å². The minimum absolute atomic E-state index is 0.293. The van der Waals surface area contributed by atoms with Crippen LogP contribution in [0.2, 0.25) is 0 Å². The fourth-order valence-corrected chi connectivity index (χ4v) is 2.19. The highest BCUT2D eigenvalue weighted by Gasteiger charge is 2.22. The molecule has 1 heterocycles. The number of fused-ring (bicyclic) bond motifs is 1. The molecule has 0 spiro atoms. The molecule has 2 rings (SSSR count). The van der Waals surface area contributed by atoms with Gasteiger partial charge in [0.15, 0.2) is 0 Å². The van der Waals surface area contributed by atoms with Gasteiger partial charge in [0.05, 0.1) is 12.7 Å². The van der Waals surface area contributed by atoms with Crippen molar-refractivity contribution in [2.24, 2.45) is 0 Å². The highest BCUT2D eigenvalue weighted by atomic mass is 16.5. The van der Waals surface area contributed by atoms with E-state index in [1.54, 1.807) is 0 Å².